The first kappa shape index (κ1) is 21.5. The zero-order valence-corrected chi connectivity index (χ0v) is 15.1. The number of nitrogens with zero attached hydrogens (tertiary/aromatic N) is 1. The molecule has 2 rings (SSSR count). The van der Waals surface area contributed by atoms with E-state index in [4.69, 9.17) is 4.74 Å². The summed E-state index contributed by atoms with van der Waals surface area (Å²) in [5.74, 6) is -1.49. The number of esters is 1. The molecule has 0 radical (unpaired) electrons. The zero-order chi connectivity index (χ0) is 21.4. The highest BCUT2D eigenvalue weighted by atomic mass is 19.3. The lowest BCUT2D eigenvalue weighted by atomic mass is 10.2. The summed E-state index contributed by atoms with van der Waals surface area (Å²) < 4.78 is 33.4. The highest BCUT2D eigenvalue weighted by Crippen LogP contribution is 2.18. The number of nitro groups is 1. The number of alkyl halides is 2. The highest BCUT2D eigenvalue weighted by molar-refractivity contribution is 5.96. The van der Waals surface area contributed by atoms with E-state index in [1.807, 2.05) is 0 Å². The molecule has 0 fully saturated rings. The van der Waals surface area contributed by atoms with Crippen LogP contribution >= 0.6 is 0 Å². The van der Waals surface area contributed by atoms with Gasteiger partial charge in [0.25, 0.3) is 11.6 Å². The number of anilines is 1. The average molecular weight is 406 g/mol. The van der Waals surface area contributed by atoms with Gasteiger partial charge in [0.1, 0.15) is 5.75 Å². The SMILES string of the molecule is C[C@H](OC(=O)/C=C/c1ccc(OC(F)F)cc1)C(=O)Nc1cccc([N+](=O)[O-])c1. The highest BCUT2D eigenvalue weighted by Gasteiger charge is 2.17. The van der Waals surface area contributed by atoms with E-state index in [0.717, 1.165) is 6.08 Å². The van der Waals surface area contributed by atoms with Crippen LogP contribution in [-0.2, 0) is 14.3 Å². The Balaban J connectivity index is 1.89. The molecule has 0 heterocycles. The second-order valence-corrected chi connectivity index (χ2v) is 5.66. The van der Waals surface area contributed by atoms with Crippen molar-refractivity contribution >= 4 is 29.3 Å². The number of benzene rings is 2. The summed E-state index contributed by atoms with van der Waals surface area (Å²) in [7, 11) is 0. The van der Waals surface area contributed by atoms with Gasteiger partial charge >= 0.3 is 12.6 Å². The molecule has 1 N–H and O–H groups in total. The average Bonchev–Trinajstić information content (AvgIpc) is 2.67. The molecule has 0 aliphatic carbocycles. The largest absolute Gasteiger partial charge is 0.449 e. The lowest BCUT2D eigenvalue weighted by Gasteiger charge is -2.12. The van der Waals surface area contributed by atoms with Crippen LogP contribution in [0.25, 0.3) is 6.08 Å². The number of ether oxygens (including phenoxy) is 2. The molecule has 0 saturated carbocycles. The molecule has 10 heteroatoms. The van der Waals surface area contributed by atoms with Crippen LogP contribution in [0.3, 0.4) is 0 Å². The van der Waals surface area contributed by atoms with Crippen LogP contribution < -0.4 is 10.1 Å². The van der Waals surface area contributed by atoms with E-state index in [2.05, 4.69) is 10.1 Å². The maximum absolute atomic E-state index is 12.1. The van der Waals surface area contributed by atoms with Crippen LogP contribution in [0, 0.1) is 10.1 Å². The van der Waals surface area contributed by atoms with Crippen LogP contribution in [-0.4, -0.2) is 29.5 Å². The monoisotopic (exact) mass is 406 g/mol. The number of nitro benzene ring substituents is 1. The van der Waals surface area contributed by atoms with Gasteiger partial charge in [-0.1, -0.05) is 18.2 Å². The summed E-state index contributed by atoms with van der Waals surface area (Å²) >= 11 is 0. The fourth-order valence-electron chi connectivity index (χ4n) is 2.13. The number of hydrogen-bond acceptors (Lipinski definition) is 6. The van der Waals surface area contributed by atoms with Gasteiger partial charge in [-0.15, -0.1) is 0 Å². The fraction of sp³-hybridized carbons (Fsp3) is 0.158. The van der Waals surface area contributed by atoms with Crippen molar-refractivity contribution < 1.29 is 32.8 Å². The minimum atomic E-state index is -2.93. The van der Waals surface area contributed by atoms with Gasteiger partial charge in [-0.05, 0) is 36.8 Å². The van der Waals surface area contributed by atoms with Crippen molar-refractivity contribution in [2.24, 2.45) is 0 Å². The Bertz CT molecular complexity index is 915. The molecule has 0 saturated heterocycles. The molecule has 29 heavy (non-hydrogen) atoms. The maximum Gasteiger partial charge on any atom is 0.387 e. The molecular formula is C19H16F2N2O6. The maximum atomic E-state index is 12.1. The molecule has 1 amide bonds. The molecule has 2 aromatic rings. The summed E-state index contributed by atoms with van der Waals surface area (Å²) in [4.78, 5) is 34.1. The lowest BCUT2D eigenvalue weighted by molar-refractivity contribution is -0.384. The van der Waals surface area contributed by atoms with Crippen molar-refractivity contribution in [3.05, 3.63) is 70.3 Å². The van der Waals surface area contributed by atoms with E-state index in [1.54, 1.807) is 0 Å². The van der Waals surface area contributed by atoms with Crippen molar-refractivity contribution in [3.8, 4) is 5.75 Å². The van der Waals surface area contributed by atoms with E-state index in [0.29, 0.717) is 5.56 Å². The zero-order valence-electron chi connectivity index (χ0n) is 15.1. The molecule has 8 nitrogen and oxygen atoms in total. The molecule has 152 valence electrons. The first-order valence-electron chi connectivity index (χ1n) is 8.23. The van der Waals surface area contributed by atoms with E-state index in [-0.39, 0.29) is 17.1 Å². The molecule has 0 aromatic heterocycles. The molecule has 0 aliphatic rings. The molecule has 2 aromatic carbocycles. The standard InChI is InChI=1S/C19H16F2N2O6/c1-12(18(25)22-14-3-2-4-15(11-14)23(26)27)28-17(24)10-7-13-5-8-16(9-6-13)29-19(20)21/h2-12,19H,1H3,(H,22,25)/b10-7+/t12-/m0/s1. The third-order valence-corrected chi connectivity index (χ3v) is 3.50. The minimum absolute atomic E-state index is 0.0221. The van der Waals surface area contributed by atoms with Gasteiger partial charge < -0.3 is 14.8 Å². The molecule has 0 aliphatic heterocycles. The third-order valence-electron chi connectivity index (χ3n) is 3.50. The van der Waals surface area contributed by atoms with Gasteiger partial charge in [-0.2, -0.15) is 8.78 Å². The lowest BCUT2D eigenvalue weighted by Crippen LogP contribution is -2.29. The van der Waals surface area contributed by atoms with Crippen LogP contribution in [0.2, 0.25) is 0 Å². The van der Waals surface area contributed by atoms with Gasteiger partial charge in [0.15, 0.2) is 6.10 Å². The summed E-state index contributed by atoms with van der Waals surface area (Å²) in [6.45, 7) is -1.59. The number of carbonyl (C=O) groups is 2. The minimum Gasteiger partial charge on any atom is -0.449 e. The van der Waals surface area contributed by atoms with Gasteiger partial charge in [0.05, 0.1) is 4.92 Å². The summed E-state index contributed by atoms with van der Waals surface area (Å²) in [6, 6.07) is 10.9. The van der Waals surface area contributed by atoms with Crippen LogP contribution in [0.5, 0.6) is 5.75 Å². The molecule has 1 atom stereocenters. The number of carbonyl (C=O) groups excluding carboxylic acids is 2. The van der Waals surface area contributed by atoms with Crippen molar-refractivity contribution in [2.75, 3.05) is 5.32 Å². The Kier molecular flexibility index (Phi) is 7.35. The van der Waals surface area contributed by atoms with Crippen molar-refractivity contribution in [1.82, 2.24) is 0 Å². The molecule has 0 unspecified atom stereocenters. The predicted molar refractivity (Wildman–Crippen MR) is 99.4 cm³/mol. The molecular weight excluding hydrogens is 390 g/mol. The first-order valence-corrected chi connectivity index (χ1v) is 8.23. The second-order valence-electron chi connectivity index (χ2n) is 5.66. The number of rotatable bonds is 8. The van der Waals surface area contributed by atoms with Crippen LogP contribution in [0.4, 0.5) is 20.2 Å². The summed E-state index contributed by atoms with van der Waals surface area (Å²) in [6.07, 6.45) is 1.29. The normalized spacial score (nSPS) is 11.9. The number of hydrogen-bond donors (Lipinski definition) is 1. The Morgan fingerprint density at radius 2 is 1.86 bits per heavy atom. The number of non-ortho nitro benzene ring substituents is 1. The van der Waals surface area contributed by atoms with Crippen molar-refractivity contribution in [1.29, 1.82) is 0 Å². The van der Waals surface area contributed by atoms with Crippen molar-refractivity contribution in [2.45, 2.75) is 19.6 Å². The smallest absolute Gasteiger partial charge is 0.387 e. The second kappa shape index (κ2) is 9.93. The predicted octanol–water partition coefficient (Wildman–Crippen LogP) is 3.78. The Hall–Kier alpha value is -3.82. The van der Waals surface area contributed by atoms with E-state index >= 15 is 0 Å². The Morgan fingerprint density at radius 1 is 1.17 bits per heavy atom. The van der Waals surface area contributed by atoms with E-state index in [1.165, 1.54) is 61.5 Å². The summed E-state index contributed by atoms with van der Waals surface area (Å²) in [5.41, 5.74) is 0.520. The number of amides is 1. The van der Waals surface area contributed by atoms with Gasteiger partial charge in [-0.25, -0.2) is 4.79 Å². The topological polar surface area (TPSA) is 108 Å². The van der Waals surface area contributed by atoms with E-state index in [9.17, 15) is 28.5 Å². The first-order chi connectivity index (χ1) is 13.7. The van der Waals surface area contributed by atoms with E-state index < -0.39 is 29.5 Å². The number of halogens is 2. The van der Waals surface area contributed by atoms with Crippen molar-refractivity contribution in [3.63, 3.8) is 0 Å². The molecule has 0 spiro atoms. The Labute approximate surface area is 163 Å². The van der Waals surface area contributed by atoms with Gasteiger partial charge in [-0.3, -0.25) is 14.9 Å². The quantitative estimate of drug-likeness (QED) is 0.309. The van der Waals surface area contributed by atoms with Gasteiger partial charge in [0.2, 0.25) is 0 Å². The molecule has 0 bridgehead atoms. The summed E-state index contributed by atoms with van der Waals surface area (Å²) in [5, 5.41) is 13.2. The fourth-order valence-corrected chi connectivity index (χ4v) is 2.13. The number of nitrogens with one attached hydrogen (secondary N) is 1. The Morgan fingerprint density at radius 3 is 2.48 bits per heavy atom. The van der Waals surface area contributed by atoms with Crippen LogP contribution in [0.1, 0.15) is 12.5 Å². The van der Waals surface area contributed by atoms with Gasteiger partial charge in [0, 0.05) is 23.9 Å². The van der Waals surface area contributed by atoms with Crippen LogP contribution in [0.15, 0.2) is 54.6 Å². The third kappa shape index (κ3) is 7.01.